The second-order valence-electron chi connectivity index (χ2n) is 12.3. The van der Waals surface area contributed by atoms with Crippen LogP contribution in [0.25, 0.3) is 27.6 Å². The summed E-state index contributed by atoms with van der Waals surface area (Å²) < 4.78 is 74.9. The molecule has 0 saturated heterocycles. The number of hydrogen-bond acceptors (Lipinski definition) is 3. The summed E-state index contributed by atoms with van der Waals surface area (Å²) in [4.78, 5) is 0. The van der Waals surface area contributed by atoms with Gasteiger partial charge in [0, 0.05) is 18.6 Å². The fraction of sp³-hybridized carbons (Fsp3) is 0.200. The first kappa shape index (κ1) is 43.1. The van der Waals surface area contributed by atoms with Crippen LogP contribution in [-0.4, -0.2) is 11.7 Å². The summed E-state index contributed by atoms with van der Waals surface area (Å²) in [7, 11) is 0. The van der Waals surface area contributed by atoms with Crippen LogP contribution in [0.4, 0.5) is 26.3 Å². The van der Waals surface area contributed by atoms with Crippen LogP contribution in [-0.2, 0) is 12.4 Å². The lowest BCUT2D eigenvalue weighted by molar-refractivity contribution is -0.138. The number of alkyl halides is 6. The molecule has 0 fully saturated rings. The maximum atomic E-state index is 12.7. The number of nitrogens with two attached hydrogens (primary N) is 1. The molecule has 0 aromatic heterocycles. The number of aliphatic hydroxyl groups is 1. The summed E-state index contributed by atoms with van der Waals surface area (Å²) in [5.74, 6) is 0. The predicted molar refractivity (Wildman–Crippen MR) is 209 cm³/mol. The monoisotopic (exact) mass is 743 g/mol. The molecular weight excluding hydrogens is 698 g/mol. The smallest absolute Gasteiger partial charge is 0.380 e. The van der Waals surface area contributed by atoms with Gasteiger partial charge in [-0.2, -0.15) is 26.3 Å². The van der Waals surface area contributed by atoms with E-state index < -0.39 is 29.6 Å². The zero-order valence-electron chi connectivity index (χ0n) is 29.2. The molecule has 0 amide bonds. The zero-order chi connectivity index (χ0) is 38.6. The van der Waals surface area contributed by atoms with Crippen LogP contribution >= 0.6 is 0 Å². The molecule has 0 radical (unpaired) electrons. The lowest BCUT2D eigenvalue weighted by atomic mass is 10.00. The first-order valence-corrected chi connectivity index (χ1v) is 16.9. The van der Waals surface area contributed by atoms with Gasteiger partial charge in [-0.15, -0.1) is 0 Å². The third kappa shape index (κ3) is 12.1. The SMILES string of the molecule is C.C[C@@H](N)c1cccc2ccccc12.C[C@@H](NC/C=C/c1cccc(C(F)(F)F)c1)c1cccc2ccccc12.[CH+]=CC(O)c1cccc(C(F)(F)F)c1. The molecule has 9 heteroatoms. The van der Waals surface area contributed by atoms with E-state index in [4.69, 9.17) is 12.3 Å². The van der Waals surface area contributed by atoms with Gasteiger partial charge >= 0.3 is 12.4 Å². The number of rotatable bonds is 8. The Labute approximate surface area is 313 Å². The highest BCUT2D eigenvalue weighted by atomic mass is 19.4. The third-order valence-electron chi connectivity index (χ3n) is 8.41. The van der Waals surface area contributed by atoms with Crippen molar-refractivity contribution < 1.29 is 31.4 Å². The number of nitrogens with one attached hydrogen (secondary N) is 1. The molecule has 1 unspecified atom stereocenters. The molecule has 6 aromatic carbocycles. The molecular formula is C45H45F6N2O+. The summed E-state index contributed by atoms with van der Waals surface area (Å²) in [6.07, 6.45) is -5.41. The Morgan fingerprint density at radius 2 is 1.15 bits per heavy atom. The fourth-order valence-corrected chi connectivity index (χ4v) is 5.65. The fourth-order valence-electron chi connectivity index (χ4n) is 5.65. The van der Waals surface area contributed by atoms with E-state index >= 15 is 0 Å². The molecule has 0 saturated carbocycles. The van der Waals surface area contributed by atoms with Crippen LogP contribution in [0.3, 0.4) is 0 Å². The third-order valence-corrected chi connectivity index (χ3v) is 8.41. The second kappa shape index (κ2) is 19.7. The highest BCUT2D eigenvalue weighted by molar-refractivity contribution is 5.86. The van der Waals surface area contributed by atoms with Gasteiger partial charge in [-0.3, -0.25) is 0 Å². The van der Waals surface area contributed by atoms with E-state index in [1.54, 1.807) is 12.1 Å². The summed E-state index contributed by atoms with van der Waals surface area (Å²) in [6, 6.07) is 39.0. The minimum atomic E-state index is -4.40. The number of hydrogen-bond donors (Lipinski definition) is 3. The van der Waals surface area contributed by atoms with Gasteiger partial charge in [-0.05, 0) is 81.9 Å². The first-order chi connectivity index (χ1) is 25.2. The normalized spacial score (nSPS) is 13.1. The first-order valence-electron chi connectivity index (χ1n) is 16.9. The molecule has 3 nitrogen and oxygen atoms in total. The van der Waals surface area contributed by atoms with E-state index in [-0.39, 0.29) is 25.1 Å². The molecule has 54 heavy (non-hydrogen) atoms. The Bertz CT molecular complexity index is 2110. The minimum Gasteiger partial charge on any atom is -0.380 e. The van der Waals surface area contributed by atoms with E-state index in [0.717, 1.165) is 30.3 Å². The molecule has 4 N–H and O–H groups in total. The quantitative estimate of drug-likeness (QED) is 0.107. The number of halogens is 6. The Balaban J connectivity index is 0.000000237. The molecule has 6 aromatic rings. The van der Waals surface area contributed by atoms with Crippen molar-refractivity contribution in [1.82, 2.24) is 5.32 Å². The van der Waals surface area contributed by atoms with Gasteiger partial charge in [-0.1, -0.05) is 129 Å². The Hall–Kier alpha value is -5.31. The van der Waals surface area contributed by atoms with Crippen LogP contribution in [0.5, 0.6) is 0 Å². The Kier molecular flexibility index (Phi) is 15.7. The van der Waals surface area contributed by atoms with Gasteiger partial charge in [-0.25, -0.2) is 0 Å². The van der Waals surface area contributed by atoms with Crippen LogP contribution in [0.1, 0.15) is 72.8 Å². The van der Waals surface area contributed by atoms with Crippen molar-refractivity contribution in [2.24, 2.45) is 5.73 Å². The van der Waals surface area contributed by atoms with Crippen LogP contribution < -0.4 is 11.1 Å². The summed E-state index contributed by atoms with van der Waals surface area (Å²) in [5, 5.41) is 17.5. The van der Waals surface area contributed by atoms with Crippen molar-refractivity contribution in [2.75, 3.05) is 6.54 Å². The molecule has 6 rings (SSSR count). The molecule has 0 aliphatic heterocycles. The molecule has 0 aliphatic carbocycles. The van der Waals surface area contributed by atoms with Gasteiger partial charge in [0.1, 0.15) is 6.10 Å². The molecule has 0 aliphatic rings. The summed E-state index contributed by atoms with van der Waals surface area (Å²) in [6.45, 7) is 9.68. The number of aliphatic hydroxyl groups excluding tert-OH is 1. The van der Waals surface area contributed by atoms with Crippen LogP contribution in [0.15, 0.2) is 146 Å². The maximum absolute atomic E-state index is 12.7. The minimum absolute atomic E-state index is 0. The molecule has 0 spiro atoms. The van der Waals surface area contributed by atoms with Gasteiger partial charge in [0.15, 0.2) is 6.08 Å². The molecule has 282 valence electrons. The van der Waals surface area contributed by atoms with Gasteiger partial charge in [0.2, 0.25) is 6.58 Å². The highest BCUT2D eigenvalue weighted by Gasteiger charge is 2.31. The second-order valence-corrected chi connectivity index (χ2v) is 12.3. The zero-order valence-corrected chi connectivity index (χ0v) is 29.2. The number of benzene rings is 6. The van der Waals surface area contributed by atoms with Crippen molar-refractivity contribution >= 4 is 27.6 Å². The lowest BCUT2D eigenvalue weighted by Crippen LogP contribution is -2.18. The van der Waals surface area contributed by atoms with Gasteiger partial charge in [0.05, 0.1) is 11.1 Å². The van der Waals surface area contributed by atoms with E-state index in [0.29, 0.717) is 12.1 Å². The maximum Gasteiger partial charge on any atom is 0.416 e. The summed E-state index contributed by atoms with van der Waals surface area (Å²) in [5.41, 5.74) is 7.55. The number of fused-ring (bicyclic) bond motifs is 2. The van der Waals surface area contributed by atoms with Crippen molar-refractivity contribution in [1.29, 1.82) is 0 Å². The van der Waals surface area contributed by atoms with Crippen molar-refractivity contribution in [3.8, 4) is 0 Å². The van der Waals surface area contributed by atoms with E-state index in [2.05, 4.69) is 66.8 Å². The summed E-state index contributed by atoms with van der Waals surface area (Å²) >= 11 is 0. The molecule has 0 bridgehead atoms. The van der Waals surface area contributed by atoms with Crippen molar-refractivity contribution in [3.63, 3.8) is 0 Å². The van der Waals surface area contributed by atoms with Crippen LogP contribution in [0.2, 0.25) is 0 Å². The van der Waals surface area contributed by atoms with Gasteiger partial charge < -0.3 is 16.2 Å². The molecule has 0 heterocycles. The average molecular weight is 744 g/mol. The topological polar surface area (TPSA) is 58.3 Å². The van der Waals surface area contributed by atoms with Crippen molar-refractivity contribution in [2.45, 2.75) is 51.8 Å². The predicted octanol–water partition coefficient (Wildman–Crippen LogP) is 12.4. The molecule has 3 atom stereocenters. The largest absolute Gasteiger partial charge is 0.416 e. The Morgan fingerprint density at radius 1 is 0.667 bits per heavy atom. The van der Waals surface area contributed by atoms with Crippen molar-refractivity contribution in [3.05, 3.63) is 186 Å². The lowest BCUT2D eigenvalue weighted by Gasteiger charge is -2.15. The van der Waals surface area contributed by atoms with E-state index in [9.17, 15) is 31.4 Å². The highest BCUT2D eigenvalue weighted by Crippen LogP contribution is 2.31. The van der Waals surface area contributed by atoms with E-state index in [1.807, 2.05) is 43.3 Å². The van der Waals surface area contributed by atoms with Crippen LogP contribution in [0, 0.1) is 6.58 Å². The standard InChI is InChI=1S/C22H20F3N.C12H13N.C10H8F3O.CH4/c1-16(20-13-5-10-18-9-2-3-12-21(18)20)26-14-6-8-17-7-4-11-19(15-17)22(23,24)25;1-9(13)11-8-4-6-10-5-2-3-7-12(10)11;1-2-9(14)7-4-3-5-8(6-7)10(11,12)13;/h2-13,15-16,26H,14H2,1H3;2-9H,13H2,1H3;1-6,9,14H;1H4/q;;+1;/b8-6+;;;/t16-;9-;;/m11../s1. The van der Waals surface area contributed by atoms with E-state index in [1.165, 1.54) is 50.9 Å². The Morgan fingerprint density at radius 3 is 1.70 bits per heavy atom. The average Bonchev–Trinajstić information content (AvgIpc) is 3.15. The van der Waals surface area contributed by atoms with Gasteiger partial charge in [0.25, 0.3) is 0 Å².